The van der Waals surface area contributed by atoms with Gasteiger partial charge in [0.25, 0.3) is 0 Å². The molecule has 21 heavy (non-hydrogen) atoms. The monoisotopic (exact) mass is 314 g/mol. The number of carbonyl (C=O) groups is 1. The highest BCUT2D eigenvalue weighted by atomic mass is 32.2. The second-order valence-electron chi connectivity index (χ2n) is 4.74. The van der Waals surface area contributed by atoms with Crippen LogP contribution in [0.15, 0.2) is 5.16 Å². The van der Waals surface area contributed by atoms with Crippen molar-refractivity contribution in [1.82, 2.24) is 30.4 Å². The normalized spacial score (nSPS) is 17.0. The van der Waals surface area contributed by atoms with Gasteiger partial charge in [0.15, 0.2) is 0 Å². The van der Waals surface area contributed by atoms with Gasteiger partial charge in [-0.1, -0.05) is 18.7 Å². The Morgan fingerprint density at radius 2 is 2.24 bits per heavy atom. The predicted molar refractivity (Wildman–Crippen MR) is 79.1 cm³/mol. The minimum atomic E-state index is -0.202. The number of nitrogens with zero attached hydrogens (tertiary/aromatic N) is 5. The van der Waals surface area contributed by atoms with Gasteiger partial charge in [-0.2, -0.15) is 0 Å². The summed E-state index contributed by atoms with van der Waals surface area (Å²) < 4.78 is 7.00. The summed E-state index contributed by atoms with van der Waals surface area (Å²) in [5.74, 6) is 0.115. The molecule has 1 saturated heterocycles. The van der Waals surface area contributed by atoms with Crippen molar-refractivity contribution in [3.05, 3.63) is 0 Å². The molecule has 0 aliphatic carbocycles. The van der Waals surface area contributed by atoms with Crippen molar-refractivity contribution >= 4 is 17.7 Å². The van der Waals surface area contributed by atoms with Crippen LogP contribution in [0.25, 0.3) is 0 Å². The maximum Gasteiger partial charge on any atom is 0.236 e. The van der Waals surface area contributed by atoms with Gasteiger partial charge < -0.3 is 15.0 Å². The number of rotatable bonds is 7. The number of hydrogen-bond acceptors (Lipinski definition) is 7. The summed E-state index contributed by atoms with van der Waals surface area (Å²) in [5, 5.41) is 15.4. The molecular formula is C12H22N6O2S. The summed E-state index contributed by atoms with van der Waals surface area (Å²) in [4.78, 5) is 14.2. The van der Waals surface area contributed by atoms with Crippen LogP contribution in [0.3, 0.4) is 0 Å². The van der Waals surface area contributed by atoms with Gasteiger partial charge in [-0.15, -0.1) is 5.10 Å². The quantitative estimate of drug-likeness (QED) is 0.542. The van der Waals surface area contributed by atoms with Gasteiger partial charge in [-0.05, 0) is 23.9 Å². The number of amides is 1. The van der Waals surface area contributed by atoms with Gasteiger partial charge in [0.1, 0.15) is 0 Å². The van der Waals surface area contributed by atoms with E-state index in [2.05, 4.69) is 27.8 Å². The number of morpholine rings is 1. The first kappa shape index (κ1) is 16.2. The molecule has 9 heteroatoms. The zero-order chi connectivity index (χ0) is 15.1. The lowest BCUT2D eigenvalue weighted by Crippen LogP contribution is -2.44. The van der Waals surface area contributed by atoms with Crippen molar-refractivity contribution in [2.24, 2.45) is 0 Å². The molecule has 8 nitrogen and oxygen atoms in total. The minimum Gasteiger partial charge on any atom is -0.378 e. The SMILES string of the molecule is CCNCCn1nnnc1SC(C)C(=O)N1CCOCC1. The summed E-state index contributed by atoms with van der Waals surface area (Å²) >= 11 is 1.40. The molecule has 118 valence electrons. The van der Waals surface area contributed by atoms with Crippen molar-refractivity contribution in [1.29, 1.82) is 0 Å². The van der Waals surface area contributed by atoms with E-state index in [4.69, 9.17) is 4.74 Å². The third-order valence-corrected chi connectivity index (χ3v) is 4.26. The second-order valence-corrected chi connectivity index (χ2v) is 6.04. The first-order chi connectivity index (χ1) is 10.2. The molecule has 0 bridgehead atoms. The largest absolute Gasteiger partial charge is 0.378 e. The fraction of sp³-hybridized carbons (Fsp3) is 0.833. The molecule has 1 unspecified atom stereocenters. The van der Waals surface area contributed by atoms with E-state index < -0.39 is 0 Å². The van der Waals surface area contributed by atoms with E-state index in [1.54, 1.807) is 4.68 Å². The van der Waals surface area contributed by atoms with Crippen LogP contribution < -0.4 is 5.32 Å². The Morgan fingerprint density at radius 1 is 1.48 bits per heavy atom. The van der Waals surface area contributed by atoms with Crippen LogP contribution in [0.2, 0.25) is 0 Å². The Bertz CT molecular complexity index is 449. The van der Waals surface area contributed by atoms with E-state index in [1.165, 1.54) is 11.8 Å². The van der Waals surface area contributed by atoms with Gasteiger partial charge >= 0.3 is 0 Å². The lowest BCUT2D eigenvalue weighted by molar-refractivity contribution is -0.134. The Labute approximate surface area is 128 Å². The van der Waals surface area contributed by atoms with Gasteiger partial charge in [-0.25, -0.2) is 4.68 Å². The van der Waals surface area contributed by atoms with Gasteiger partial charge in [0, 0.05) is 19.6 Å². The van der Waals surface area contributed by atoms with Crippen molar-refractivity contribution in [2.45, 2.75) is 30.8 Å². The number of thioether (sulfide) groups is 1. The van der Waals surface area contributed by atoms with E-state index in [1.807, 2.05) is 11.8 Å². The van der Waals surface area contributed by atoms with Crippen LogP contribution in [0.5, 0.6) is 0 Å². The van der Waals surface area contributed by atoms with Crippen molar-refractivity contribution in [3.8, 4) is 0 Å². The smallest absolute Gasteiger partial charge is 0.236 e. The van der Waals surface area contributed by atoms with Crippen LogP contribution in [-0.4, -0.2) is 75.7 Å². The Morgan fingerprint density at radius 3 is 2.95 bits per heavy atom. The van der Waals surface area contributed by atoms with Gasteiger partial charge in [-0.3, -0.25) is 4.79 Å². The molecular weight excluding hydrogens is 292 g/mol. The molecule has 0 spiro atoms. The molecule has 1 amide bonds. The fourth-order valence-corrected chi connectivity index (χ4v) is 2.93. The number of likely N-dealkylation sites (N-methyl/N-ethyl adjacent to an activating group) is 1. The van der Waals surface area contributed by atoms with Gasteiger partial charge in [0.05, 0.1) is 25.0 Å². The average molecular weight is 314 g/mol. The Kier molecular flexibility index (Phi) is 6.40. The maximum absolute atomic E-state index is 12.4. The molecule has 1 fully saturated rings. The fourth-order valence-electron chi connectivity index (χ4n) is 2.03. The van der Waals surface area contributed by atoms with Crippen LogP contribution in [-0.2, 0) is 16.1 Å². The molecule has 1 aliphatic heterocycles. The van der Waals surface area contributed by atoms with Crippen LogP contribution >= 0.6 is 11.8 Å². The Balaban J connectivity index is 1.88. The lowest BCUT2D eigenvalue weighted by Gasteiger charge is -2.28. The lowest BCUT2D eigenvalue weighted by atomic mass is 10.3. The van der Waals surface area contributed by atoms with Crippen LogP contribution in [0.4, 0.5) is 0 Å². The minimum absolute atomic E-state index is 0.115. The molecule has 1 aromatic heterocycles. The zero-order valence-corrected chi connectivity index (χ0v) is 13.3. The third kappa shape index (κ3) is 4.65. The number of aromatic nitrogens is 4. The standard InChI is InChI=1S/C12H22N6O2S/c1-3-13-4-5-18-12(14-15-16-18)21-10(2)11(19)17-6-8-20-9-7-17/h10,13H,3-9H2,1-2H3. The molecule has 1 aromatic rings. The molecule has 2 heterocycles. The Hall–Kier alpha value is -1.19. The van der Waals surface area contributed by atoms with Crippen molar-refractivity contribution in [2.75, 3.05) is 39.4 Å². The first-order valence-electron chi connectivity index (χ1n) is 7.22. The summed E-state index contributed by atoms with van der Waals surface area (Å²) in [6.45, 7) is 8.92. The maximum atomic E-state index is 12.4. The van der Waals surface area contributed by atoms with E-state index in [0.717, 1.165) is 13.1 Å². The highest BCUT2D eigenvalue weighted by Crippen LogP contribution is 2.22. The first-order valence-corrected chi connectivity index (χ1v) is 8.10. The summed E-state index contributed by atoms with van der Waals surface area (Å²) in [5.41, 5.74) is 0. The molecule has 0 aromatic carbocycles. The van der Waals surface area contributed by atoms with E-state index in [-0.39, 0.29) is 11.2 Å². The van der Waals surface area contributed by atoms with E-state index >= 15 is 0 Å². The van der Waals surface area contributed by atoms with Crippen LogP contribution in [0, 0.1) is 0 Å². The molecule has 0 radical (unpaired) electrons. The number of ether oxygens (including phenoxy) is 1. The summed E-state index contributed by atoms with van der Waals surface area (Å²) in [6.07, 6.45) is 0. The van der Waals surface area contributed by atoms with Gasteiger partial charge in [0.2, 0.25) is 11.1 Å². The number of hydrogen-bond donors (Lipinski definition) is 1. The number of carbonyl (C=O) groups excluding carboxylic acids is 1. The van der Waals surface area contributed by atoms with E-state index in [9.17, 15) is 4.79 Å². The predicted octanol–water partition coefficient (Wildman–Crippen LogP) is -0.378. The summed E-state index contributed by atoms with van der Waals surface area (Å²) in [7, 11) is 0. The number of nitrogens with one attached hydrogen (secondary N) is 1. The van der Waals surface area contributed by atoms with Crippen LogP contribution in [0.1, 0.15) is 13.8 Å². The highest BCUT2D eigenvalue weighted by Gasteiger charge is 2.24. The third-order valence-electron chi connectivity index (χ3n) is 3.20. The number of tetrazole rings is 1. The molecule has 0 saturated carbocycles. The molecule has 1 aliphatic rings. The summed E-state index contributed by atoms with van der Waals surface area (Å²) in [6, 6.07) is 0. The average Bonchev–Trinajstić information content (AvgIpc) is 2.95. The van der Waals surface area contributed by atoms with Crippen molar-refractivity contribution in [3.63, 3.8) is 0 Å². The molecule has 2 rings (SSSR count). The zero-order valence-electron chi connectivity index (χ0n) is 12.5. The topological polar surface area (TPSA) is 85.2 Å². The van der Waals surface area contributed by atoms with Crippen molar-refractivity contribution < 1.29 is 9.53 Å². The second kappa shape index (κ2) is 8.30. The molecule has 1 N–H and O–H groups in total. The van der Waals surface area contributed by atoms with E-state index in [0.29, 0.717) is 38.0 Å². The molecule has 1 atom stereocenters. The highest BCUT2D eigenvalue weighted by molar-refractivity contribution is 8.00.